The monoisotopic (exact) mass is 258 g/mol. The number of aromatic hydroxyl groups is 1. The number of phenolic OH excluding ortho intramolecular Hbond substituents is 1. The summed E-state index contributed by atoms with van der Waals surface area (Å²) in [5.41, 5.74) is 1.31. The van der Waals surface area contributed by atoms with Gasteiger partial charge in [-0.1, -0.05) is 31.9 Å². The zero-order valence-corrected chi connectivity index (χ0v) is 11.5. The van der Waals surface area contributed by atoms with Gasteiger partial charge in [-0.2, -0.15) is 0 Å². The van der Waals surface area contributed by atoms with Crippen LogP contribution >= 0.6 is 0 Å². The Bertz CT molecular complexity index is 462. The minimum absolute atomic E-state index is 0.342. The number of imidazole rings is 1. The first-order valence-corrected chi connectivity index (χ1v) is 7.03. The highest BCUT2D eigenvalue weighted by atomic mass is 16.3. The van der Waals surface area contributed by atoms with Crippen molar-refractivity contribution in [1.82, 2.24) is 9.97 Å². The number of unbranched alkanes of at least 4 members (excludes halogenated alkanes) is 2. The van der Waals surface area contributed by atoms with Gasteiger partial charge < -0.3 is 10.1 Å². The van der Waals surface area contributed by atoms with Crippen LogP contribution in [0.4, 0.5) is 0 Å². The van der Waals surface area contributed by atoms with E-state index in [-0.39, 0.29) is 0 Å². The lowest BCUT2D eigenvalue weighted by Crippen LogP contribution is -1.94. The number of aromatic nitrogens is 2. The smallest absolute Gasteiger partial charge is 0.115 e. The standard InChI is InChI=1S/C16H22N2O/c1-13(14-7-9-15(19)10-8-14)5-3-2-4-6-16-17-11-12-18-16/h7-13,19H,2-6H2,1H3,(H,17,18). The topological polar surface area (TPSA) is 48.9 Å². The van der Waals surface area contributed by atoms with Crippen LogP contribution in [0.5, 0.6) is 5.75 Å². The first kappa shape index (κ1) is 13.7. The van der Waals surface area contributed by atoms with Crippen LogP contribution in [0.3, 0.4) is 0 Å². The number of nitrogens with zero attached hydrogens (tertiary/aromatic N) is 1. The van der Waals surface area contributed by atoms with E-state index < -0.39 is 0 Å². The summed E-state index contributed by atoms with van der Waals surface area (Å²) in [7, 11) is 0. The zero-order chi connectivity index (χ0) is 13.5. The van der Waals surface area contributed by atoms with Crippen molar-refractivity contribution in [3.63, 3.8) is 0 Å². The fraction of sp³-hybridized carbons (Fsp3) is 0.438. The lowest BCUT2D eigenvalue weighted by molar-refractivity contribution is 0.474. The fourth-order valence-electron chi connectivity index (χ4n) is 2.32. The molecule has 1 atom stereocenters. The molecule has 2 N–H and O–H groups in total. The van der Waals surface area contributed by atoms with E-state index in [0.717, 1.165) is 12.2 Å². The third-order valence-electron chi connectivity index (χ3n) is 3.57. The van der Waals surface area contributed by atoms with E-state index in [4.69, 9.17) is 0 Å². The van der Waals surface area contributed by atoms with E-state index in [1.165, 1.54) is 31.2 Å². The molecular weight excluding hydrogens is 236 g/mol. The third kappa shape index (κ3) is 4.43. The number of rotatable bonds is 7. The maximum atomic E-state index is 9.27. The quantitative estimate of drug-likeness (QED) is 0.737. The van der Waals surface area contributed by atoms with Gasteiger partial charge in [-0.15, -0.1) is 0 Å². The number of hydrogen-bond acceptors (Lipinski definition) is 2. The van der Waals surface area contributed by atoms with Crippen LogP contribution in [0.1, 0.15) is 49.9 Å². The van der Waals surface area contributed by atoms with Crippen molar-refractivity contribution in [2.24, 2.45) is 0 Å². The van der Waals surface area contributed by atoms with Gasteiger partial charge in [0.15, 0.2) is 0 Å². The number of phenols is 1. The average molecular weight is 258 g/mol. The normalized spacial score (nSPS) is 12.5. The fourth-order valence-corrected chi connectivity index (χ4v) is 2.32. The third-order valence-corrected chi connectivity index (χ3v) is 3.57. The Kier molecular flexibility index (Phi) is 5.01. The Labute approximate surface area is 114 Å². The van der Waals surface area contributed by atoms with E-state index in [1.54, 1.807) is 12.1 Å². The van der Waals surface area contributed by atoms with Gasteiger partial charge in [0, 0.05) is 18.8 Å². The molecule has 1 aromatic heterocycles. The van der Waals surface area contributed by atoms with Gasteiger partial charge in [0.1, 0.15) is 11.6 Å². The summed E-state index contributed by atoms with van der Waals surface area (Å²) in [5, 5.41) is 9.27. The molecule has 0 aliphatic heterocycles. The van der Waals surface area contributed by atoms with Gasteiger partial charge in [0.2, 0.25) is 0 Å². The molecule has 19 heavy (non-hydrogen) atoms. The summed E-state index contributed by atoms with van der Waals surface area (Å²) >= 11 is 0. The number of aryl methyl sites for hydroxylation is 1. The van der Waals surface area contributed by atoms with Crippen molar-refractivity contribution in [3.05, 3.63) is 48.0 Å². The van der Waals surface area contributed by atoms with Crippen molar-refractivity contribution in [2.75, 3.05) is 0 Å². The molecule has 0 spiro atoms. The lowest BCUT2D eigenvalue weighted by atomic mass is 9.95. The minimum Gasteiger partial charge on any atom is -0.508 e. The molecular formula is C16H22N2O. The van der Waals surface area contributed by atoms with Crippen molar-refractivity contribution in [1.29, 1.82) is 0 Å². The average Bonchev–Trinajstić information content (AvgIpc) is 2.92. The Morgan fingerprint density at radius 3 is 2.63 bits per heavy atom. The van der Waals surface area contributed by atoms with Gasteiger partial charge in [-0.25, -0.2) is 4.98 Å². The molecule has 1 heterocycles. The van der Waals surface area contributed by atoms with Crippen molar-refractivity contribution in [3.8, 4) is 5.75 Å². The first-order valence-electron chi connectivity index (χ1n) is 7.03. The molecule has 3 heteroatoms. The Morgan fingerprint density at radius 2 is 1.95 bits per heavy atom. The molecule has 0 amide bonds. The summed E-state index contributed by atoms with van der Waals surface area (Å²) in [6.45, 7) is 2.25. The second-order valence-electron chi connectivity index (χ2n) is 5.13. The predicted octanol–water partition coefficient (Wildman–Crippen LogP) is 4.02. The van der Waals surface area contributed by atoms with Crippen LogP contribution in [0.25, 0.3) is 0 Å². The molecule has 0 bridgehead atoms. The van der Waals surface area contributed by atoms with Crippen LogP contribution < -0.4 is 0 Å². The SMILES string of the molecule is CC(CCCCCc1ncc[nH]1)c1ccc(O)cc1. The molecule has 2 rings (SSSR count). The number of hydrogen-bond donors (Lipinski definition) is 2. The Balaban J connectivity index is 1.63. The second-order valence-corrected chi connectivity index (χ2v) is 5.13. The maximum absolute atomic E-state index is 9.27. The number of benzene rings is 1. The summed E-state index contributed by atoms with van der Waals surface area (Å²) in [5.74, 6) is 1.99. The highest BCUT2D eigenvalue weighted by Gasteiger charge is 2.05. The molecule has 102 valence electrons. The molecule has 0 saturated carbocycles. The van der Waals surface area contributed by atoms with Crippen LogP contribution in [-0.2, 0) is 6.42 Å². The van der Waals surface area contributed by atoms with Gasteiger partial charge in [-0.3, -0.25) is 0 Å². The van der Waals surface area contributed by atoms with E-state index in [1.807, 2.05) is 24.5 Å². The molecule has 0 fully saturated rings. The highest BCUT2D eigenvalue weighted by molar-refractivity contribution is 5.27. The van der Waals surface area contributed by atoms with Crippen molar-refractivity contribution < 1.29 is 5.11 Å². The number of nitrogens with one attached hydrogen (secondary N) is 1. The van der Waals surface area contributed by atoms with Gasteiger partial charge in [-0.05, 0) is 36.5 Å². The van der Waals surface area contributed by atoms with Gasteiger partial charge >= 0.3 is 0 Å². The second kappa shape index (κ2) is 6.98. The molecule has 0 aliphatic carbocycles. The molecule has 3 nitrogen and oxygen atoms in total. The van der Waals surface area contributed by atoms with E-state index in [9.17, 15) is 5.11 Å². The van der Waals surface area contributed by atoms with Crippen molar-refractivity contribution >= 4 is 0 Å². The molecule has 2 aromatic rings. The molecule has 1 unspecified atom stereocenters. The van der Waals surface area contributed by atoms with E-state index in [0.29, 0.717) is 11.7 Å². The molecule has 0 aliphatic rings. The summed E-state index contributed by atoms with van der Waals surface area (Å²) < 4.78 is 0. The number of aromatic amines is 1. The van der Waals surface area contributed by atoms with E-state index in [2.05, 4.69) is 16.9 Å². The number of H-pyrrole nitrogens is 1. The van der Waals surface area contributed by atoms with Crippen LogP contribution in [0.15, 0.2) is 36.7 Å². The minimum atomic E-state index is 0.342. The molecule has 0 saturated heterocycles. The molecule has 1 aromatic carbocycles. The van der Waals surface area contributed by atoms with Gasteiger partial charge in [0.05, 0.1) is 0 Å². The summed E-state index contributed by atoms with van der Waals surface area (Å²) in [6.07, 6.45) is 9.59. The summed E-state index contributed by atoms with van der Waals surface area (Å²) in [4.78, 5) is 7.36. The van der Waals surface area contributed by atoms with Crippen LogP contribution in [0.2, 0.25) is 0 Å². The largest absolute Gasteiger partial charge is 0.508 e. The van der Waals surface area contributed by atoms with Crippen LogP contribution in [0, 0.1) is 0 Å². The Hall–Kier alpha value is -1.77. The molecule has 0 radical (unpaired) electrons. The lowest BCUT2D eigenvalue weighted by Gasteiger charge is -2.11. The van der Waals surface area contributed by atoms with Gasteiger partial charge in [0.25, 0.3) is 0 Å². The maximum Gasteiger partial charge on any atom is 0.115 e. The van der Waals surface area contributed by atoms with E-state index >= 15 is 0 Å². The van der Waals surface area contributed by atoms with Crippen molar-refractivity contribution in [2.45, 2.75) is 44.9 Å². The highest BCUT2D eigenvalue weighted by Crippen LogP contribution is 2.23. The summed E-state index contributed by atoms with van der Waals surface area (Å²) in [6, 6.07) is 7.57. The van der Waals surface area contributed by atoms with Crippen LogP contribution in [-0.4, -0.2) is 15.1 Å². The first-order chi connectivity index (χ1) is 9.25. The zero-order valence-electron chi connectivity index (χ0n) is 11.5. The predicted molar refractivity (Wildman–Crippen MR) is 77.3 cm³/mol. The Morgan fingerprint density at radius 1 is 1.16 bits per heavy atom.